The van der Waals surface area contributed by atoms with E-state index in [1.807, 2.05) is 31.3 Å². The van der Waals surface area contributed by atoms with E-state index in [2.05, 4.69) is 15.5 Å². The Balaban J connectivity index is 1.40. The summed E-state index contributed by atoms with van der Waals surface area (Å²) >= 11 is 0. The number of hydrogen-bond donors (Lipinski definition) is 2. The van der Waals surface area contributed by atoms with Crippen LogP contribution in [0.15, 0.2) is 65.1 Å². The van der Waals surface area contributed by atoms with Crippen molar-refractivity contribution in [1.82, 2.24) is 5.32 Å². The molecule has 8 heteroatoms. The Hall–Kier alpha value is -3.26. The number of furan rings is 1. The van der Waals surface area contributed by atoms with Crippen molar-refractivity contribution >= 4 is 17.3 Å². The van der Waals surface area contributed by atoms with Gasteiger partial charge in [0.2, 0.25) is 0 Å². The fraction of sp³-hybridized carbons (Fsp3) is 0.261. The Morgan fingerprint density at radius 3 is 2.35 bits per heavy atom. The Kier molecular flexibility index (Phi) is 5.73. The van der Waals surface area contributed by atoms with E-state index in [1.54, 1.807) is 6.07 Å². The molecule has 2 aromatic carbocycles. The van der Waals surface area contributed by atoms with Gasteiger partial charge in [-0.05, 0) is 62.0 Å². The average Bonchev–Trinajstić information content (AvgIpc) is 3.44. The minimum atomic E-state index is -4.40. The standard InChI is InChI=1S/C23H22F3N3O2/c1-27-18-12-13-29(14-18)19-8-6-17(7-9-19)28-22(30)21-11-10-20(31-21)15-2-4-16(5-3-15)23(24,25)26/h2-11,18,27H,12-14H2,1H3,(H,28,30). The van der Waals surface area contributed by atoms with Gasteiger partial charge in [0.1, 0.15) is 5.76 Å². The summed E-state index contributed by atoms with van der Waals surface area (Å²) in [5, 5.41) is 6.06. The number of rotatable bonds is 5. The second-order valence-corrected chi connectivity index (χ2v) is 7.46. The monoisotopic (exact) mass is 429 g/mol. The highest BCUT2D eigenvalue weighted by Crippen LogP contribution is 2.31. The number of halogens is 3. The molecule has 1 saturated heterocycles. The van der Waals surface area contributed by atoms with Gasteiger partial charge < -0.3 is 20.0 Å². The quantitative estimate of drug-likeness (QED) is 0.598. The number of hydrogen-bond acceptors (Lipinski definition) is 4. The second-order valence-electron chi connectivity index (χ2n) is 7.46. The number of anilines is 2. The highest BCUT2D eigenvalue weighted by molar-refractivity contribution is 6.02. The topological polar surface area (TPSA) is 57.5 Å². The molecule has 1 unspecified atom stereocenters. The highest BCUT2D eigenvalue weighted by Gasteiger charge is 2.30. The molecule has 3 aromatic rings. The first-order chi connectivity index (χ1) is 14.8. The van der Waals surface area contributed by atoms with Gasteiger partial charge in [-0.25, -0.2) is 0 Å². The van der Waals surface area contributed by atoms with Crippen molar-refractivity contribution in [2.45, 2.75) is 18.6 Å². The summed E-state index contributed by atoms with van der Waals surface area (Å²) in [6.07, 6.45) is -3.31. The lowest BCUT2D eigenvalue weighted by Crippen LogP contribution is -2.29. The summed E-state index contributed by atoms with van der Waals surface area (Å²) in [6, 6.07) is 15.7. The molecule has 162 valence electrons. The van der Waals surface area contributed by atoms with Crippen molar-refractivity contribution in [3.63, 3.8) is 0 Å². The van der Waals surface area contributed by atoms with E-state index in [0.29, 0.717) is 23.1 Å². The van der Waals surface area contributed by atoms with Crippen molar-refractivity contribution in [2.75, 3.05) is 30.4 Å². The minimum Gasteiger partial charge on any atom is -0.451 e. The van der Waals surface area contributed by atoms with Crippen molar-refractivity contribution < 1.29 is 22.4 Å². The maximum atomic E-state index is 12.7. The molecule has 31 heavy (non-hydrogen) atoms. The lowest BCUT2D eigenvalue weighted by molar-refractivity contribution is -0.137. The fourth-order valence-corrected chi connectivity index (χ4v) is 3.62. The van der Waals surface area contributed by atoms with Gasteiger partial charge in [-0.3, -0.25) is 4.79 Å². The summed E-state index contributed by atoms with van der Waals surface area (Å²) in [7, 11) is 1.96. The van der Waals surface area contributed by atoms with Gasteiger partial charge >= 0.3 is 6.18 Å². The van der Waals surface area contributed by atoms with Crippen molar-refractivity contribution in [2.24, 2.45) is 0 Å². The molecule has 5 nitrogen and oxygen atoms in total. The van der Waals surface area contributed by atoms with E-state index < -0.39 is 17.6 Å². The number of benzene rings is 2. The van der Waals surface area contributed by atoms with Crippen LogP contribution in [0.1, 0.15) is 22.5 Å². The molecule has 0 bridgehead atoms. The molecule has 2 N–H and O–H groups in total. The van der Waals surface area contributed by atoms with Crippen LogP contribution < -0.4 is 15.5 Å². The molecule has 0 spiro atoms. The summed E-state index contributed by atoms with van der Waals surface area (Å²) in [5.74, 6) is -0.0277. The Bertz CT molecular complexity index is 1040. The summed E-state index contributed by atoms with van der Waals surface area (Å²) < 4.78 is 43.7. The van der Waals surface area contributed by atoms with Gasteiger partial charge in [-0.1, -0.05) is 12.1 Å². The van der Waals surface area contributed by atoms with Crippen LogP contribution in [0.5, 0.6) is 0 Å². The molecule has 1 atom stereocenters. The lowest BCUT2D eigenvalue weighted by atomic mass is 10.1. The molecule has 1 aliphatic heterocycles. The first-order valence-electron chi connectivity index (χ1n) is 9.94. The van der Waals surface area contributed by atoms with Gasteiger partial charge in [0, 0.05) is 36.1 Å². The molecule has 2 heterocycles. The largest absolute Gasteiger partial charge is 0.451 e. The predicted molar refractivity (Wildman–Crippen MR) is 113 cm³/mol. The smallest absolute Gasteiger partial charge is 0.416 e. The van der Waals surface area contributed by atoms with Crippen LogP contribution in [-0.4, -0.2) is 32.1 Å². The maximum absolute atomic E-state index is 12.7. The Morgan fingerprint density at radius 1 is 1.03 bits per heavy atom. The Labute approximate surface area is 177 Å². The minimum absolute atomic E-state index is 0.0791. The third kappa shape index (κ3) is 4.74. The summed E-state index contributed by atoms with van der Waals surface area (Å²) in [5.41, 5.74) is 1.45. The molecule has 1 aromatic heterocycles. The lowest BCUT2D eigenvalue weighted by Gasteiger charge is -2.19. The van der Waals surface area contributed by atoms with E-state index in [1.165, 1.54) is 18.2 Å². The second kappa shape index (κ2) is 8.47. The highest BCUT2D eigenvalue weighted by atomic mass is 19.4. The molecule has 1 fully saturated rings. The zero-order valence-electron chi connectivity index (χ0n) is 16.9. The number of alkyl halides is 3. The first kappa shape index (κ1) is 21.0. The molecule has 0 radical (unpaired) electrons. The van der Waals surface area contributed by atoms with Gasteiger partial charge in [0.15, 0.2) is 5.76 Å². The van der Waals surface area contributed by atoms with Gasteiger partial charge in [-0.2, -0.15) is 13.2 Å². The van der Waals surface area contributed by atoms with Crippen LogP contribution in [0, 0.1) is 0 Å². The summed E-state index contributed by atoms with van der Waals surface area (Å²) in [4.78, 5) is 14.8. The molecular weight excluding hydrogens is 407 g/mol. The number of nitrogens with one attached hydrogen (secondary N) is 2. The zero-order valence-corrected chi connectivity index (χ0v) is 16.9. The molecule has 0 saturated carbocycles. The van der Waals surface area contributed by atoms with Gasteiger partial charge in [-0.15, -0.1) is 0 Å². The number of carbonyl (C=O) groups is 1. The third-order valence-corrected chi connectivity index (χ3v) is 5.41. The number of likely N-dealkylation sites (N-methyl/N-ethyl adjacent to an activating group) is 1. The number of nitrogens with zero attached hydrogens (tertiary/aromatic N) is 1. The van der Waals surface area contributed by atoms with Gasteiger partial charge in [0.05, 0.1) is 5.56 Å². The van der Waals surface area contributed by atoms with Crippen molar-refractivity contribution in [3.05, 3.63) is 72.0 Å². The maximum Gasteiger partial charge on any atom is 0.416 e. The zero-order chi connectivity index (χ0) is 22.0. The van der Waals surface area contributed by atoms with Crippen molar-refractivity contribution in [1.29, 1.82) is 0 Å². The first-order valence-corrected chi connectivity index (χ1v) is 9.94. The summed E-state index contributed by atoms with van der Waals surface area (Å²) in [6.45, 7) is 1.93. The van der Waals surface area contributed by atoms with Crippen LogP contribution in [0.2, 0.25) is 0 Å². The molecule has 1 aliphatic rings. The van der Waals surface area contributed by atoms with Crippen LogP contribution in [0.25, 0.3) is 11.3 Å². The SMILES string of the molecule is CNC1CCN(c2ccc(NC(=O)c3ccc(-c4ccc(C(F)(F)F)cc4)o3)cc2)C1. The molecule has 4 rings (SSSR count). The Morgan fingerprint density at radius 2 is 1.74 bits per heavy atom. The van der Waals surface area contributed by atoms with Gasteiger partial charge in [0.25, 0.3) is 5.91 Å². The predicted octanol–water partition coefficient (Wildman–Crippen LogP) is 5.02. The normalized spacial score (nSPS) is 16.5. The van der Waals surface area contributed by atoms with E-state index >= 15 is 0 Å². The van der Waals surface area contributed by atoms with Crippen LogP contribution >= 0.6 is 0 Å². The molecule has 0 aliphatic carbocycles. The van der Waals surface area contributed by atoms with E-state index in [4.69, 9.17) is 4.42 Å². The molecular formula is C23H22F3N3O2. The van der Waals surface area contributed by atoms with Crippen molar-refractivity contribution in [3.8, 4) is 11.3 Å². The van der Waals surface area contributed by atoms with Crippen LogP contribution in [0.3, 0.4) is 0 Å². The van der Waals surface area contributed by atoms with Crippen LogP contribution in [0.4, 0.5) is 24.5 Å². The van der Waals surface area contributed by atoms with Crippen LogP contribution in [-0.2, 0) is 6.18 Å². The number of amides is 1. The third-order valence-electron chi connectivity index (χ3n) is 5.41. The fourth-order valence-electron chi connectivity index (χ4n) is 3.62. The average molecular weight is 429 g/mol. The van der Waals surface area contributed by atoms with E-state index in [-0.39, 0.29) is 5.76 Å². The molecule has 1 amide bonds. The number of carbonyl (C=O) groups excluding carboxylic acids is 1. The van der Waals surface area contributed by atoms with E-state index in [0.717, 1.165) is 37.3 Å². The van der Waals surface area contributed by atoms with E-state index in [9.17, 15) is 18.0 Å².